The fourth-order valence-electron chi connectivity index (χ4n) is 3.00. The van der Waals surface area contributed by atoms with E-state index in [2.05, 4.69) is 74.6 Å². The fourth-order valence-corrected chi connectivity index (χ4v) is 3.36. The van der Waals surface area contributed by atoms with Gasteiger partial charge in [0.15, 0.2) is 0 Å². The first kappa shape index (κ1) is 16.0. The van der Waals surface area contributed by atoms with Crippen molar-refractivity contribution in [3.05, 3.63) is 33.4 Å². The van der Waals surface area contributed by atoms with Gasteiger partial charge in [0.05, 0.1) is 18.2 Å². The molecule has 1 saturated heterocycles. The molecule has 1 fully saturated rings. The molecule has 0 amide bonds. The van der Waals surface area contributed by atoms with Crippen LogP contribution in [0, 0.1) is 15.4 Å². The molecule has 2 nitrogen and oxygen atoms in total. The van der Waals surface area contributed by atoms with E-state index in [0.29, 0.717) is 17.9 Å². The van der Waals surface area contributed by atoms with Crippen LogP contribution in [0.25, 0.3) is 0 Å². The Morgan fingerprint density at radius 2 is 1.80 bits per heavy atom. The second-order valence-electron chi connectivity index (χ2n) is 5.83. The average molecular weight is 385 g/mol. The highest BCUT2D eigenvalue weighted by atomic mass is 127. The van der Waals surface area contributed by atoms with Crippen LogP contribution in [0.5, 0.6) is 0 Å². The standard InChI is InChI=1S/C17H24INO/c1-5-16-11(2)12(3)17(13(4)20-16)19-10-14-6-8-15(18)9-7-14/h6-13,16-17H,5H2,1-4H3/t11-,12-,13?,16+,17+/m0/s1. The fraction of sp³-hybridized carbons (Fsp3) is 0.588. The number of aliphatic imine (C=N–C) groups is 1. The third-order valence-electron chi connectivity index (χ3n) is 4.49. The lowest BCUT2D eigenvalue weighted by Crippen LogP contribution is -2.46. The van der Waals surface area contributed by atoms with E-state index in [0.717, 1.165) is 12.0 Å². The Hall–Kier alpha value is -0.420. The zero-order valence-corrected chi connectivity index (χ0v) is 14.9. The minimum atomic E-state index is 0.200. The molecule has 0 spiro atoms. The monoisotopic (exact) mass is 385 g/mol. The highest BCUT2D eigenvalue weighted by Gasteiger charge is 2.38. The zero-order valence-electron chi connectivity index (χ0n) is 12.7. The van der Waals surface area contributed by atoms with Crippen LogP contribution in [0.15, 0.2) is 29.3 Å². The number of nitrogens with zero attached hydrogens (tertiary/aromatic N) is 1. The Morgan fingerprint density at radius 3 is 2.40 bits per heavy atom. The summed E-state index contributed by atoms with van der Waals surface area (Å²) >= 11 is 2.32. The van der Waals surface area contributed by atoms with E-state index < -0.39 is 0 Å². The molecule has 1 aliphatic heterocycles. The summed E-state index contributed by atoms with van der Waals surface area (Å²) in [5, 5.41) is 0. The summed E-state index contributed by atoms with van der Waals surface area (Å²) in [5.41, 5.74) is 1.16. The van der Waals surface area contributed by atoms with Crippen molar-refractivity contribution in [1.82, 2.24) is 0 Å². The summed E-state index contributed by atoms with van der Waals surface area (Å²) in [6, 6.07) is 8.71. The van der Waals surface area contributed by atoms with Crippen molar-refractivity contribution in [3.8, 4) is 0 Å². The van der Waals surface area contributed by atoms with Crippen LogP contribution >= 0.6 is 22.6 Å². The van der Waals surface area contributed by atoms with Crippen molar-refractivity contribution in [2.45, 2.75) is 52.4 Å². The Kier molecular flexibility index (Phi) is 5.61. The highest BCUT2D eigenvalue weighted by molar-refractivity contribution is 14.1. The van der Waals surface area contributed by atoms with Gasteiger partial charge >= 0.3 is 0 Å². The molecule has 5 atom stereocenters. The smallest absolute Gasteiger partial charge is 0.0787 e. The van der Waals surface area contributed by atoms with Crippen LogP contribution in [0.3, 0.4) is 0 Å². The van der Waals surface area contributed by atoms with Gasteiger partial charge in [-0.25, -0.2) is 0 Å². The molecule has 1 unspecified atom stereocenters. The van der Waals surface area contributed by atoms with E-state index in [1.165, 1.54) is 3.57 Å². The van der Waals surface area contributed by atoms with Gasteiger partial charge in [-0.1, -0.05) is 32.9 Å². The maximum absolute atomic E-state index is 6.12. The van der Waals surface area contributed by atoms with Crippen molar-refractivity contribution >= 4 is 28.8 Å². The van der Waals surface area contributed by atoms with Gasteiger partial charge < -0.3 is 4.74 Å². The van der Waals surface area contributed by atoms with Crippen LogP contribution in [0.2, 0.25) is 0 Å². The van der Waals surface area contributed by atoms with Crippen LogP contribution in [-0.2, 0) is 4.74 Å². The normalized spacial score (nSPS) is 34.5. The predicted octanol–water partition coefficient (Wildman–Crippen LogP) is 4.55. The lowest BCUT2D eigenvalue weighted by molar-refractivity contribution is -0.105. The molecule has 20 heavy (non-hydrogen) atoms. The van der Waals surface area contributed by atoms with Gasteiger partial charge in [0, 0.05) is 9.78 Å². The third kappa shape index (κ3) is 3.61. The van der Waals surface area contributed by atoms with Gasteiger partial charge in [-0.3, -0.25) is 4.99 Å². The highest BCUT2D eigenvalue weighted by Crippen LogP contribution is 2.33. The first-order valence-corrected chi connectivity index (χ1v) is 8.55. The van der Waals surface area contributed by atoms with Gasteiger partial charge in [0.2, 0.25) is 0 Å². The maximum atomic E-state index is 6.12. The molecule has 1 heterocycles. The Labute approximate surface area is 136 Å². The van der Waals surface area contributed by atoms with Gasteiger partial charge in [0.1, 0.15) is 0 Å². The lowest BCUT2D eigenvalue weighted by Gasteiger charge is -2.42. The van der Waals surface area contributed by atoms with E-state index in [1.54, 1.807) is 0 Å². The molecule has 0 aromatic heterocycles. The summed E-state index contributed by atoms with van der Waals surface area (Å²) in [7, 11) is 0. The SMILES string of the molecule is CC[C@H]1OC(C)[C@H](N=Cc2ccc(I)cc2)[C@@H](C)[C@@H]1C. The largest absolute Gasteiger partial charge is 0.373 e. The van der Waals surface area contributed by atoms with Gasteiger partial charge in [-0.15, -0.1) is 0 Å². The molecular formula is C17H24INO. The molecular weight excluding hydrogens is 361 g/mol. The average Bonchev–Trinajstić information content (AvgIpc) is 2.44. The Morgan fingerprint density at radius 1 is 1.15 bits per heavy atom. The predicted molar refractivity (Wildman–Crippen MR) is 93.5 cm³/mol. The lowest BCUT2D eigenvalue weighted by atomic mass is 9.79. The number of halogens is 1. The van der Waals surface area contributed by atoms with E-state index in [1.807, 2.05) is 6.21 Å². The maximum Gasteiger partial charge on any atom is 0.0787 e. The van der Waals surface area contributed by atoms with Gasteiger partial charge in [-0.05, 0) is 65.5 Å². The minimum absolute atomic E-state index is 0.200. The van der Waals surface area contributed by atoms with E-state index in [9.17, 15) is 0 Å². The molecule has 0 N–H and O–H groups in total. The number of hydrogen-bond donors (Lipinski definition) is 0. The third-order valence-corrected chi connectivity index (χ3v) is 5.21. The molecule has 1 aromatic carbocycles. The van der Waals surface area contributed by atoms with Gasteiger partial charge in [0.25, 0.3) is 0 Å². The molecule has 0 saturated carbocycles. The molecule has 1 aliphatic rings. The van der Waals surface area contributed by atoms with Crippen LogP contribution in [0.1, 0.15) is 39.7 Å². The second kappa shape index (κ2) is 7.03. The summed E-state index contributed by atoms with van der Waals surface area (Å²) in [5.74, 6) is 1.12. The number of ether oxygens (including phenoxy) is 1. The van der Waals surface area contributed by atoms with Crippen molar-refractivity contribution in [3.63, 3.8) is 0 Å². The first-order valence-electron chi connectivity index (χ1n) is 7.47. The topological polar surface area (TPSA) is 21.6 Å². The molecule has 2 rings (SSSR count). The zero-order chi connectivity index (χ0) is 14.7. The summed E-state index contributed by atoms with van der Waals surface area (Å²) < 4.78 is 7.38. The number of rotatable bonds is 3. The summed E-state index contributed by atoms with van der Waals surface area (Å²) in [6.07, 6.45) is 3.66. The van der Waals surface area contributed by atoms with Crippen molar-refractivity contribution in [2.24, 2.45) is 16.8 Å². The second-order valence-corrected chi connectivity index (χ2v) is 7.07. The number of benzene rings is 1. The Bertz CT molecular complexity index is 457. The van der Waals surface area contributed by atoms with E-state index >= 15 is 0 Å². The molecule has 0 bridgehead atoms. The van der Waals surface area contributed by atoms with E-state index in [4.69, 9.17) is 9.73 Å². The molecule has 1 aromatic rings. The van der Waals surface area contributed by atoms with Gasteiger partial charge in [-0.2, -0.15) is 0 Å². The van der Waals surface area contributed by atoms with Crippen LogP contribution in [-0.4, -0.2) is 24.5 Å². The summed E-state index contributed by atoms with van der Waals surface area (Å²) in [4.78, 5) is 4.81. The van der Waals surface area contributed by atoms with Crippen LogP contribution in [0.4, 0.5) is 0 Å². The first-order chi connectivity index (χ1) is 9.52. The Balaban J connectivity index is 2.09. The molecule has 110 valence electrons. The van der Waals surface area contributed by atoms with Crippen molar-refractivity contribution < 1.29 is 4.74 Å². The van der Waals surface area contributed by atoms with Crippen molar-refractivity contribution in [2.75, 3.05) is 0 Å². The molecule has 0 radical (unpaired) electrons. The molecule has 0 aliphatic carbocycles. The van der Waals surface area contributed by atoms with Crippen LogP contribution < -0.4 is 0 Å². The quantitative estimate of drug-likeness (QED) is 0.553. The van der Waals surface area contributed by atoms with E-state index in [-0.39, 0.29) is 12.1 Å². The summed E-state index contributed by atoms with van der Waals surface area (Å²) in [6.45, 7) is 8.96. The number of hydrogen-bond acceptors (Lipinski definition) is 2. The van der Waals surface area contributed by atoms with Crippen molar-refractivity contribution in [1.29, 1.82) is 0 Å². The minimum Gasteiger partial charge on any atom is -0.373 e. The molecule has 3 heteroatoms.